The first-order chi connectivity index (χ1) is 7.20. The monoisotopic (exact) mass is 206 g/mol. The summed E-state index contributed by atoms with van der Waals surface area (Å²) in [6.07, 6.45) is 3.84. The highest BCUT2D eigenvalue weighted by Crippen LogP contribution is 2.09. The topological polar surface area (TPSA) is 101 Å². The molecule has 0 aliphatic rings. The van der Waals surface area contributed by atoms with Gasteiger partial charge in [-0.2, -0.15) is 5.10 Å². The van der Waals surface area contributed by atoms with E-state index in [2.05, 4.69) is 15.2 Å². The Morgan fingerprint density at radius 3 is 2.93 bits per heavy atom. The molecule has 2 rings (SSSR count). The van der Waals surface area contributed by atoms with Gasteiger partial charge in [-0.1, -0.05) is 0 Å². The summed E-state index contributed by atoms with van der Waals surface area (Å²) in [6, 6.07) is 1.32. The first kappa shape index (κ1) is 9.13. The summed E-state index contributed by atoms with van der Waals surface area (Å²) in [7, 11) is 0. The van der Waals surface area contributed by atoms with Crippen LogP contribution in [-0.4, -0.2) is 30.8 Å². The number of hydrogen-bond acceptors (Lipinski definition) is 4. The second kappa shape index (κ2) is 3.37. The number of nitrogens with one attached hydrogen (secondary N) is 1. The smallest absolute Gasteiger partial charge is 0.347 e. The number of aromatic amines is 1. The summed E-state index contributed by atoms with van der Waals surface area (Å²) in [5.74, 6) is -1.12. The number of carbonyl (C=O) groups is 1. The van der Waals surface area contributed by atoms with Crippen LogP contribution in [0, 0.1) is 0 Å². The molecule has 0 aromatic carbocycles. The van der Waals surface area contributed by atoms with Gasteiger partial charge in [-0.3, -0.25) is 4.98 Å². The number of carboxylic acids is 1. The zero-order chi connectivity index (χ0) is 10.8. The molecule has 0 aliphatic heterocycles. The molecule has 0 atom stereocenters. The Morgan fingerprint density at radius 1 is 1.53 bits per heavy atom. The number of aromatic carboxylic acids is 1. The van der Waals surface area contributed by atoms with Crippen LogP contribution in [0.15, 0.2) is 29.6 Å². The highest BCUT2D eigenvalue weighted by atomic mass is 16.4. The van der Waals surface area contributed by atoms with Crippen molar-refractivity contribution < 1.29 is 9.90 Å². The van der Waals surface area contributed by atoms with Gasteiger partial charge in [-0.15, -0.1) is 0 Å². The molecule has 0 unspecified atom stereocenters. The van der Waals surface area contributed by atoms with Crippen molar-refractivity contribution in [1.29, 1.82) is 0 Å². The van der Waals surface area contributed by atoms with Crippen LogP contribution in [0.1, 0.15) is 10.4 Å². The number of aromatic nitrogens is 4. The van der Waals surface area contributed by atoms with Crippen LogP contribution in [0.25, 0.3) is 5.69 Å². The second-order valence-electron chi connectivity index (χ2n) is 2.73. The van der Waals surface area contributed by atoms with Crippen molar-refractivity contribution in [2.24, 2.45) is 0 Å². The molecule has 0 saturated heterocycles. The molecule has 2 N–H and O–H groups in total. The van der Waals surface area contributed by atoms with E-state index in [4.69, 9.17) is 5.11 Å². The predicted molar refractivity (Wildman–Crippen MR) is 48.9 cm³/mol. The van der Waals surface area contributed by atoms with E-state index in [0.29, 0.717) is 0 Å². The third-order valence-electron chi connectivity index (χ3n) is 1.84. The standard InChI is InChI=1S/C8H6N4O3/c13-7(14)5-1-2-9-3-6(5)12-4-10-11-8(12)15/h1-4H,(H,11,15)(H,13,14). The van der Waals surface area contributed by atoms with Gasteiger partial charge in [0.25, 0.3) is 0 Å². The minimum absolute atomic E-state index is 0.00602. The molecule has 0 fully saturated rings. The van der Waals surface area contributed by atoms with E-state index >= 15 is 0 Å². The Bertz CT molecular complexity index is 557. The molecule has 7 nitrogen and oxygen atoms in total. The zero-order valence-electron chi connectivity index (χ0n) is 7.41. The predicted octanol–water partition coefficient (Wildman–Crippen LogP) is -0.346. The first-order valence-electron chi connectivity index (χ1n) is 4.00. The molecule has 0 amide bonds. The molecule has 76 valence electrons. The number of carboxylic acid groups (broad SMARTS) is 1. The summed E-state index contributed by atoms with van der Waals surface area (Å²) in [5, 5.41) is 14.6. The number of hydrogen-bond donors (Lipinski definition) is 2. The van der Waals surface area contributed by atoms with Crippen molar-refractivity contribution in [2.75, 3.05) is 0 Å². The van der Waals surface area contributed by atoms with E-state index in [9.17, 15) is 9.59 Å². The third kappa shape index (κ3) is 1.50. The minimum atomic E-state index is -1.12. The molecule has 15 heavy (non-hydrogen) atoms. The summed E-state index contributed by atoms with van der Waals surface area (Å²) in [4.78, 5) is 25.8. The molecule has 0 saturated carbocycles. The Labute approximate surface area is 83.0 Å². The molecular formula is C8H6N4O3. The van der Waals surface area contributed by atoms with E-state index in [0.717, 1.165) is 4.57 Å². The molecule has 2 aromatic heterocycles. The SMILES string of the molecule is O=C(O)c1ccncc1-n1cn[nH]c1=O. The average molecular weight is 206 g/mol. The van der Waals surface area contributed by atoms with Gasteiger partial charge >= 0.3 is 11.7 Å². The van der Waals surface area contributed by atoms with E-state index < -0.39 is 11.7 Å². The van der Waals surface area contributed by atoms with Crippen LogP contribution in [0.3, 0.4) is 0 Å². The number of pyridine rings is 1. The van der Waals surface area contributed by atoms with Crippen molar-refractivity contribution in [3.63, 3.8) is 0 Å². The van der Waals surface area contributed by atoms with Gasteiger partial charge in [0.2, 0.25) is 0 Å². The van der Waals surface area contributed by atoms with E-state index in [1.807, 2.05) is 0 Å². The largest absolute Gasteiger partial charge is 0.478 e. The third-order valence-corrected chi connectivity index (χ3v) is 1.84. The van der Waals surface area contributed by atoms with Crippen molar-refractivity contribution in [3.8, 4) is 5.69 Å². The van der Waals surface area contributed by atoms with Crippen molar-refractivity contribution in [1.82, 2.24) is 19.7 Å². The zero-order valence-corrected chi connectivity index (χ0v) is 7.41. The fourth-order valence-corrected chi connectivity index (χ4v) is 1.18. The molecule has 0 radical (unpaired) electrons. The molecule has 0 spiro atoms. The summed E-state index contributed by atoms with van der Waals surface area (Å²) in [5.41, 5.74) is -0.331. The van der Waals surface area contributed by atoms with Gasteiger partial charge in [0.1, 0.15) is 6.33 Å². The molecule has 2 heterocycles. The molecule has 7 heteroatoms. The molecular weight excluding hydrogens is 200 g/mol. The summed E-state index contributed by atoms with van der Waals surface area (Å²) < 4.78 is 1.08. The molecule has 2 aromatic rings. The lowest BCUT2D eigenvalue weighted by molar-refractivity contribution is 0.0697. The Hall–Kier alpha value is -2.44. The maximum absolute atomic E-state index is 11.2. The second-order valence-corrected chi connectivity index (χ2v) is 2.73. The van der Waals surface area contributed by atoms with Crippen LogP contribution in [0.2, 0.25) is 0 Å². The maximum atomic E-state index is 11.2. The first-order valence-corrected chi connectivity index (χ1v) is 4.00. The van der Waals surface area contributed by atoms with Crippen LogP contribution >= 0.6 is 0 Å². The number of rotatable bonds is 2. The van der Waals surface area contributed by atoms with Crippen LogP contribution in [0.5, 0.6) is 0 Å². The van der Waals surface area contributed by atoms with Crippen molar-refractivity contribution >= 4 is 5.97 Å². The van der Waals surface area contributed by atoms with Crippen molar-refractivity contribution in [3.05, 3.63) is 40.8 Å². The number of H-pyrrole nitrogens is 1. The van der Waals surface area contributed by atoms with Gasteiger partial charge in [0.05, 0.1) is 17.4 Å². The Morgan fingerprint density at radius 2 is 2.33 bits per heavy atom. The lowest BCUT2D eigenvalue weighted by atomic mass is 10.2. The molecule has 0 aliphatic carbocycles. The van der Waals surface area contributed by atoms with Crippen LogP contribution in [-0.2, 0) is 0 Å². The normalized spacial score (nSPS) is 10.1. The van der Waals surface area contributed by atoms with E-state index in [-0.39, 0.29) is 11.3 Å². The molecule has 0 bridgehead atoms. The quantitative estimate of drug-likeness (QED) is 0.699. The Balaban J connectivity index is 2.68. The maximum Gasteiger partial charge on any atom is 0.347 e. The fraction of sp³-hybridized carbons (Fsp3) is 0. The van der Waals surface area contributed by atoms with E-state index in [1.54, 1.807) is 0 Å². The Kier molecular flexibility index (Phi) is 2.05. The number of nitrogens with zero attached hydrogens (tertiary/aromatic N) is 3. The minimum Gasteiger partial charge on any atom is -0.478 e. The van der Waals surface area contributed by atoms with E-state index in [1.165, 1.54) is 24.8 Å². The van der Waals surface area contributed by atoms with Gasteiger partial charge in [0, 0.05) is 6.20 Å². The van der Waals surface area contributed by atoms with Gasteiger partial charge in [-0.05, 0) is 6.07 Å². The highest BCUT2D eigenvalue weighted by molar-refractivity contribution is 5.91. The lowest BCUT2D eigenvalue weighted by Crippen LogP contribution is -2.17. The summed E-state index contributed by atoms with van der Waals surface area (Å²) in [6.45, 7) is 0. The van der Waals surface area contributed by atoms with Gasteiger partial charge in [-0.25, -0.2) is 19.3 Å². The van der Waals surface area contributed by atoms with Gasteiger partial charge < -0.3 is 5.11 Å². The summed E-state index contributed by atoms with van der Waals surface area (Å²) >= 11 is 0. The highest BCUT2D eigenvalue weighted by Gasteiger charge is 2.12. The fourth-order valence-electron chi connectivity index (χ4n) is 1.18. The average Bonchev–Trinajstić information content (AvgIpc) is 2.64. The van der Waals surface area contributed by atoms with Gasteiger partial charge in [0.15, 0.2) is 0 Å². The van der Waals surface area contributed by atoms with Crippen LogP contribution < -0.4 is 5.69 Å². The van der Waals surface area contributed by atoms with Crippen LogP contribution in [0.4, 0.5) is 0 Å². The van der Waals surface area contributed by atoms with Crippen molar-refractivity contribution in [2.45, 2.75) is 0 Å². The lowest BCUT2D eigenvalue weighted by Gasteiger charge is -2.02.